The summed E-state index contributed by atoms with van der Waals surface area (Å²) in [6.45, 7) is 4.21. The summed E-state index contributed by atoms with van der Waals surface area (Å²) in [5.74, 6) is -0.174. The number of rotatable bonds is 7. The standard InChI is InChI=1S/C18H24ClNO2/c1-3-4-5-9-12-18(22)16(19)14(2)17(21)20(18)13-15-10-7-6-8-11-15/h6-8,10-11,22H,3-5,9,12-13H2,1-2H3. The molecule has 1 aliphatic heterocycles. The second-order valence-corrected chi connectivity index (χ2v) is 6.32. The van der Waals surface area contributed by atoms with Crippen molar-refractivity contribution in [3.05, 3.63) is 46.5 Å². The van der Waals surface area contributed by atoms with Gasteiger partial charge in [-0.2, -0.15) is 0 Å². The topological polar surface area (TPSA) is 40.5 Å². The van der Waals surface area contributed by atoms with Gasteiger partial charge in [-0.05, 0) is 18.9 Å². The number of amides is 1. The van der Waals surface area contributed by atoms with E-state index in [1.165, 1.54) is 4.90 Å². The molecular weight excluding hydrogens is 298 g/mol. The van der Waals surface area contributed by atoms with Crippen molar-refractivity contribution < 1.29 is 9.90 Å². The Bertz CT molecular complexity index is 555. The Kier molecular flexibility index (Phi) is 5.65. The Morgan fingerprint density at radius 2 is 1.86 bits per heavy atom. The van der Waals surface area contributed by atoms with Gasteiger partial charge in [0.25, 0.3) is 5.91 Å². The van der Waals surface area contributed by atoms with Crippen LogP contribution in [0.3, 0.4) is 0 Å². The Hall–Kier alpha value is -1.32. The molecule has 1 atom stereocenters. The van der Waals surface area contributed by atoms with Crippen LogP contribution < -0.4 is 0 Å². The molecule has 0 saturated carbocycles. The monoisotopic (exact) mass is 321 g/mol. The fourth-order valence-electron chi connectivity index (χ4n) is 2.89. The van der Waals surface area contributed by atoms with E-state index in [0.29, 0.717) is 18.5 Å². The maximum absolute atomic E-state index is 12.4. The Morgan fingerprint density at radius 3 is 2.50 bits per heavy atom. The third-order valence-corrected chi connectivity index (χ3v) is 4.84. The van der Waals surface area contributed by atoms with E-state index in [-0.39, 0.29) is 10.9 Å². The van der Waals surface area contributed by atoms with Crippen LogP contribution >= 0.6 is 11.6 Å². The normalized spacial score (nSPS) is 21.8. The molecule has 1 N–H and O–H groups in total. The second-order valence-electron chi connectivity index (χ2n) is 5.94. The Labute approximate surface area is 137 Å². The van der Waals surface area contributed by atoms with Gasteiger partial charge in [-0.25, -0.2) is 0 Å². The van der Waals surface area contributed by atoms with E-state index in [0.717, 1.165) is 31.2 Å². The third-order valence-electron chi connectivity index (χ3n) is 4.26. The summed E-state index contributed by atoms with van der Waals surface area (Å²) in [6.07, 6.45) is 4.64. The van der Waals surface area contributed by atoms with E-state index < -0.39 is 5.72 Å². The number of halogens is 1. The fourth-order valence-corrected chi connectivity index (χ4v) is 3.17. The van der Waals surface area contributed by atoms with Crippen molar-refractivity contribution in [2.24, 2.45) is 0 Å². The minimum Gasteiger partial charge on any atom is -0.366 e. The zero-order valence-electron chi connectivity index (χ0n) is 13.3. The van der Waals surface area contributed by atoms with E-state index in [9.17, 15) is 9.90 Å². The van der Waals surface area contributed by atoms with Crippen LogP contribution in [0.25, 0.3) is 0 Å². The number of aliphatic hydroxyl groups is 1. The molecule has 0 fully saturated rings. The average Bonchev–Trinajstić information content (AvgIpc) is 2.69. The summed E-state index contributed by atoms with van der Waals surface area (Å²) in [4.78, 5) is 14.0. The summed E-state index contributed by atoms with van der Waals surface area (Å²) in [6, 6.07) is 9.69. The quantitative estimate of drug-likeness (QED) is 0.765. The van der Waals surface area contributed by atoms with Crippen molar-refractivity contribution in [2.75, 3.05) is 0 Å². The van der Waals surface area contributed by atoms with Crippen molar-refractivity contribution in [3.63, 3.8) is 0 Å². The second kappa shape index (κ2) is 7.30. The van der Waals surface area contributed by atoms with Gasteiger partial charge in [0.1, 0.15) is 0 Å². The summed E-state index contributed by atoms with van der Waals surface area (Å²) < 4.78 is 0. The lowest BCUT2D eigenvalue weighted by Crippen LogP contribution is -2.47. The van der Waals surface area contributed by atoms with Crippen LogP contribution in [0, 0.1) is 0 Å². The first kappa shape index (κ1) is 17.0. The van der Waals surface area contributed by atoms with Gasteiger partial charge in [0, 0.05) is 18.5 Å². The van der Waals surface area contributed by atoms with Crippen molar-refractivity contribution in [2.45, 2.75) is 58.2 Å². The van der Waals surface area contributed by atoms with Crippen molar-refractivity contribution in [3.8, 4) is 0 Å². The van der Waals surface area contributed by atoms with E-state index in [4.69, 9.17) is 11.6 Å². The first-order valence-electron chi connectivity index (χ1n) is 7.96. The van der Waals surface area contributed by atoms with Gasteiger partial charge < -0.3 is 10.0 Å². The van der Waals surface area contributed by atoms with E-state index in [2.05, 4.69) is 6.92 Å². The largest absolute Gasteiger partial charge is 0.366 e. The molecule has 22 heavy (non-hydrogen) atoms. The maximum Gasteiger partial charge on any atom is 0.253 e. The first-order valence-corrected chi connectivity index (χ1v) is 8.33. The number of nitrogens with zero attached hydrogens (tertiary/aromatic N) is 1. The zero-order chi connectivity index (χ0) is 16.2. The highest BCUT2D eigenvalue weighted by Crippen LogP contribution is 2.40. The zero-order valence-corrected chi connectivity index (χ0v) is 14.1. The van der Waals surface area contributed by atoms with Crippen LogP contribution in [0.4, 0.5) is 0 Å². The molecule has 1 amide bonds. The summed E-state index contributed by atoms with van der Waals surface area (Å²) in [5, 5.41) is 11.3. The number of hydrogen-bond donors (Lipinski definition) is 1. The smallest absolute Gasteiger partial charge is 0.253 e. The lowest BCUT2D eigenvalue weighted by molar-refractivity contribution is -0.145. The summed E-state index contributed by atoms with van der Waals surface area (Å²) >= 11 is 6.31. The summed E-state index contributed by atoms with van der Waals surface area (Å²) in [7, 11) is 0. The van der Waals surface area contributed by atoms with E-state index in [1.807, 2.05) is 30.3 Å². The minimum atomic E-state index is -1.35. The number of unbranched alkanes of at least 4 members (excludes halogenated alkanes) is 3. The van der Waals surface area contributed by atoms with Crippen molar-refractivity contribution in [1.82, 2.24) is 4.90 Å². The molecule has 0 spiro atoms. The highest BCUT2D eigenvalue weighted by atomic mass is 35.5. The number of hydrogen-bond acceptors (Lipinski definition) is 2. The number of carbonyl (C=O) groups is 1. The minimum absolute atomic E-state index is 0.174. The van der Waals surface area contributed by atoms with Crippen LogP contribution in [0.5, 0.6) is 0 Å². The number of benzene rings is 1. The summed E-state index contributed by atoms with van der Waals surface area (Å²) in [5.41, 5.74) is 0.0874. The molecule has 0 aliphatic carbocycles. The average molecular weight is 322 g/mol. The molecule has 1 aliphatic rings. The first-order chi connectivity index (χ1) is 10.5. The maximum atomic E-state index is 12.4. The van der Waals surface area contributed by atoms with Gasteiger partial charge in [-0.1, -0.05) is 68.1 Å². The molecule has 1 heterocycles. The molecule has 2 rings (SSSR count). The van der Waals surface area contributed by atoms with Crippen LogP contribution in [0.1, 0.15) is 51.5 Å². The molecule has 1 unspecified atom stereocenters. The highest BCUT2D eigenvalue weighted by Gasteiger charge is 2.47. The van der Waals surface area contributed by atoms with Crippen molar-refractivity contribution >= 4 is 17.5 Å². The van der Waals surface area contributed by atoms with Gasteiger partial charge in [0.15, 0.2) is 5.72 Å². The Morgan fingerprint density at radius 1 is 1.18 bits per heavy atom. The number of carbonyl (C=O) groups excluding carboxylic acids is 1. The predicted molar refractivity (Wildman–Crippen MR) is 89.3 cm³/mol. The SMILES string of the molecule is CCCCCCC1(O)C(Cl)=C(C)C(=O)N1Cc1ccccc1. The lowest BCUT2D eigenvalue weighted by atomic mass is 10.0. The molecule has 4 heteroatoms. The Balaban J connectivity index is 2.16. The van der Waals surface area contributed by atoms with Gasteiger partial charge in [-0.3, -0.25) is 4.79 Å². The van der Waals surface area contributed by atoms with Gasteiger partial charge in [0.2, 0.25) is 0 Å². The van der Waals surface area contributed by atoms with Crippen LogP contribution in [-0.2, 0) is 11.3 Å². The molecule has 0 aromatic heterocycles. The van der Waals surface area contributed by atoms with Gasteiger partial charge >= 0.3 is 0 Å². The molecule has 1 aromatic carbocycles. The van der Waals surface area contributed by atoms with Gasteiger partial charge in [-0.15, -0.1) is 0 Å². The van der Waals surface area contributed by atoms with Crippen LogP contribution in [-0.4, -0.2) is 21.6 Å². The third kappa shape index (κ3) is 3.36. The van der Waals surface area contributed by atoms with Crippen molar-refractivity contribution in [1.29, 1.82) is 0 Å². The highest BCUT2D eigenvalue weighted by molar-refractivity contribution is 6.34. The van der Waals surface area contributed by atoms with Crippen LogP contribution in [0.15, 0.2) is 40.9 Å². The lowest BCUT2D eigenvalue weighted by Gasteiger charge is -2.34. The van der Waals surface area contributed by atoms with E-state index >= 15 is 0 Å². The molecule has 1 aromatic rings. The molecule has 3 nitrogen and oxygen atoms in total. The molecule has 120 valence electrons. The van der Waals surface area contributed by atoms with Crippen LogP contribution in [0.2, 0.25) is 0 Å². The molecular formula is C18H24ClNO2. The molecule has 0 bridgehead atoms. The molecule has 0 saturated heterocycles. The van der Waals surface area contributed by atoms with E-state index in [1.54, 1.807) is 6.92 Å². The fraction of sp³-hybridized carbons (Fsp3) is 0.500. The molecule has 0 radical (unpaired) electrons. The van der Waals surface area contributed by atoms with Gasteiger partial charge in [0.05, 0.1) is 5.03 Å². The predicted octanol–water partition coefficient (Wildman–Crippen LogP) is 4.20.